The molecule has 3 aromatic rings. The number of hydrogen-bond acceptors (Lipinski definition) is 3. The summed E-state index contributed by atoms with van der Waals surface area (Å²) >= 11 is 8.58. The molecule has 2 aromatic carbocycles. The lowest BCUT2D eigenvalue weighted by molar-refractivity contribution is 1.47. The summed E-state index contributed by atoms with van der Waals surface area (Å²) in [5.74, 6) is 0. The van der Waals surface area contributed by atoms with Crippen molar-refractivity contribution in [2.24, 2.45) is 0 Å². The van der Waals surface area contributed by atoms with Gasteiger partial charge in [-0.15, -0.1) is 11.3 Å². The molecule has 0 saturated carbocycles. The zero-order chi connectivity index (χ0) is 12.7. The number of nitrogens with two attached hydrogens (primary N) is 1. The van der Waals surface area contributed by atoms with Gasteiger partial charge in [0.05, 0.1) is 10.2 Å². The summed E-state index contributed by atoms with van der Waals surface area (Å²) in [5.41, 5.74) is 8.63. The Labute approximate surface area is 125 Å². The monoisotopic (exact) mass is 382 g/mol. The average molecular weight is 384 g/mol. The van der Waals surface area contributed by atoms with Crippen LogP contribution in [-0.4, -0.2) is 4.98 Å². The fourth-order valence-corrected chi connectivity index (χ4v) is 3.55. The molecule has 0 aliphatic heterocycles. The lowest BCUT2D eigenvalue weighted by Crippen LogP contribution is -1.85. The zero-order valence-corrected chi connectivity index (χ0v) is 13.1. The van der Waals surface area contributed by atoms with Gasteiger partial charge in [0.15, 0.2) is 0 Å². The predicted molar refractivity (Wildman–Crippen MR) is 84.9 cm³/mol. The molecule has 0 unspecified atom stereocenters. The molecule has 0 aliphatic rings. The summed E-state index contributed by atoms with van der Waals surface area (Å²) in [6.07, 6.45) is 0. The number of nitrogen functional groups attached to an aromatic ring is 1. The van der Waals surface area contributed by atoms with Gasteiger partial charge in [0, 0.05) is 20.2 Å². The SMILES string of the molecule is Nc1cc(Br)cc(-c2nc3cc(Br)ccc3s2)c1. The van der Waals surface area contributed by atoms with E-state index >= 15 is 0 Å². The van der Waals surface area contributed by atoms with Gasteiger partial charge in [0.2, 0.25) is 0 Å². The van der Waals surface area contributed by atoms with E-state index in [1.807, 2.05) is 30.3 Å². The Morgan fingerprint density at radius 3 is 2.61 bits per heavy atom. The van der Waals surface area contributed by atoms with Gasteiger partial charge in [-0.1, -0.05) is 31.9 Å². The maximum atomic E-state index is 5.85. The normalized spacial score (nSPS) is 11.0. The van der Waals surface area contributed by atoms with E-state index in [4.69, 9.17) is 5.73 Å². The van der Waals surface area contributed by atoms with Crippen LogP contribution in [0.15, 0.2) is 45.3 Å². The van der Waals surface area contributed by atoms with Crippen LogP contribution >= 0.6 is 43.2 Å². The topological polar surface area (TPSA) is 38.9 Å². The molecule has 0 saturated heterocycles. The lowest BCUT2D eigenvalue weighted by Gasteiger charge is -1.99. The Kier molecular flexibility index (Phi) is 3.13. The van der Waals surface area contributed by atoms with E-state index in [-0.39, 0.29) is 0 Å². The highest BCUT2D eigenvalue weighted by molar-refractivity contribution is 9.10. The van der Waals surface area contributed by atoms with Crippen LogP contribution in [-0.2, 0) is 0 Å². The van der Waals surface area contributed by atoms with E-state index in [1.54, 1.807) is 11.3 Å². The molecule has 1 aromatic heterocycles. The first-order valence-corrected chi connectivity index (χ1v) is 7.64. The van der Waals surface area contributed by atoms with Gasteiger partial charge in [-0.05, 0) is 36.4 Å². The van der Waals surface area contributed by atoms with Crippen LogP contribution in [0, 0.1) is 0 Å². The molecule has 0 radical (unpaired) electrons. The standard InChI is InChI=1S/C13H8Br2N2S/c14-8-1-2-12-11(6-8)17-13(18-12)7-3-9(15)5-10(16)4-7/h1-6H,16H2. The summed E-state index contributed by atoms with van der Waals surface area (Å²) in [4.78, 5) is 4.64. The zero-order valence-electron chi connectivity index (χ0n) is 9.15. The van der Waals surface area contributed by atoms with Crippen molar-refractivity contribution in [2.45, 2.75) is 0 Å². The number of fused-ring (bicyclic) bond motifs is 1. The quantitative estimate of drug-likeness (QED) is 0.595. The third kappa shape index (κ3) is 2.30. The van der Waals surface area contributed by atoms with Gasteiger partial charge < -0.3 is 5.73 Å². The number of hydrogen-bond donors (Lipinski definition) is 1. The Bertz CT molecular complexity index is 717. The van der Waals surface area contributed by atoms with Gasteiger partial charge in [-0.2, -0.15) is 0 Å². The Morgan fingerprint density at radius 2 is 1.83 bits per heavy atom. The summed E-state index contributed by atoms with van der Waals surface area (Å²) in [5, 5.41) is 0.983. The molecule has 0 atom stereocenters. The van der Waals surface area contributed by atoms with Crippen LogP contribution in [0.1, 0.15) is 0 Å². The average Bonchev–Trinajstić information content (AvgIpc) is 2.70. The maximum Gasteiger partial charge on any atom is 0.124 e. The van der Waals surface area contributed by atoms with Gasteiger partial charge in [0.25, 0.3) is 0 Å². The molecule has 2 nitrogen and oxygen atoms in total. The van der Waals surface area contributed by atoms with Crippen LogP contribution in [0.25, 0.3) is 20.8 Å². The highest BCUT2D eigenvalue weighted by Crippen LogP contribution is 2.33. The van der Waals surface area contributed by atoms with Crippen molar-refractivity contribution in [1.82, 2.24) is 4.98 Å². The van der Waals surface area contributed by atoms with Gasteiger partial charge in [0.1, 0.15) is 5.01 Å². The third-order valence-corrected chi connectivity index (χ3v) is 4.55. The van der Waals surface area contributed by atoms with Crippen LogP contribution < -0.4 is 5.73 Å². The van der Waals surface area contributed by atoms with Crippen molar-refractivity contribution in [3.05, 3.63) is 45.3 Å². The van der Waals surface area contributed by atoms with Gasteiger partial charge >= 0.3 is 0 Å². The van der Waals surface area contributed by atoms with Gasteiger partial charge in [-0.3, -0.25) is 0 Å². The molecular formula is C13H8Br2N2S. The molecule has 0 amide bonds. The maximum absolute atomic E-state index is 5.85. The van der Waals surface area contributed by atoms with E-state index in [0.717, 1.165) is 30.7 Å². The van der Waals surface area contributed by atoms with Crippen LogP contribution in [0.5, 0.6) is 0 Å². The predicted octanol–water partition coefficient (Wildman–Crippen LogP) is 5.07. The first-order chi connectivity index (χ1) is 8.61. The molecule has 1 heterocycles. The number of halogens is 2. The second-order valence-electron chi connectivity index (χ2n) is 3.90. The number of anilines is 1. The van der Waals surface area contributed by atoms with E-state index < -0.39 is 0 Å². The first-order valence-electron chi connectivity index (χ1n) is 5.24. The van der Waals surface area contributed by atoms with Crippen LogP contribution in [0.2, 0.25) is 0 Å². The minimum Gasteiger partial charge on any atom is -0.399 e. The molecule has 0 bridgehead atoms. The minimum absolute atomic E-state index is 0.736. The van der Waals surface area contributed by atoms with E-state index in [2.05, 4.69) is 42.9 Å². The third-order valence-electron chi connectivity index (χ3n) is 2.52. The van der Waals surface area contributed by atoms with Crippen LogP contribution in [0.4, 0.5) is 5.69 Å². The van der Waals surface area contributed by atoms with E-state index in [9.17, 15) is 0 Å². The molecule has 0 aliphatic carbocycles. The van der Waals surface area contributed by atoms with Crippen molar-refractivity contribution in [3.63, 3.8) is 0 Å². The summed E-state index contributed by atoms with van der Waals surface area (Å²) in [6.45, 7) is 0. The van der Waals surface area contributed by atoms with Crippen molar-refractivity contribution in [1.29, 1.82) is 0 Å². The second-order valence-corrected chi connectivity index (χ2v) is 6.77. The highest BCUT2D eigenvalue weighted by Gasteiger charge is 2.08. The highest BCUT2D eigenvalue weighted by atomic mass is 79.9. The van der Waals surface area contributed by atoms with Gasteiger partial charge in [-0.25, -0.2) is 4.98 Å². The fourth-order valence-electron chi connectivity index (χ4n) is 1.76. The summed E-state index contributed by atoms with van der Waals surface area (Å²) in [7, 11) is 0. The first kappa shape index (κ1) is 12.1. The summed E-state index contributed by atoms with van der Waals surface area (Å²) in [6, 6.07) is 12.0. The van der Waals surface area contributed by atoms with E-state index in [0.29, 0.717) is 0 Å². The number of benzene rings is 2. The number of thiazole rings is 1. The van der Waals surface area contributed by atoms with Crippen molar-refractivity contribution >= 4 is 59.1 Å². The van der Waals surface area contributed by atoms with Crippen molar-refractivity contribution in [3.8, 4) is 10.6 Å². The van der Waals surface area contributed by atoms with Crippen molar-refractivity contribution < 1.29 is 0 Å². The minimum atomic E-state index is 0.736. The second kappa shape index (κ2) is 4.64. The molecular weight excluding hydrogens is 376 g/mol. The number of nitrogens with zero attached hydrogens (tertiary/aromatic N) is 1. The molecule has 5 heteroatoms. The molecule has 2 N–H and O–H groups in total. The smallest absolute Gasteiger partial charge is 0.124 e. The fraction of sp³-hybridized carbons (Fsp3) is 0. The molecule has 0 fully saturated rings. The summed E-state index contributed by atoms with van der Waals surface area (Å²) < 4.78 is 3.19. The number of rotatable bonds is 1. The number of aromatic nitrogens is 1. The Morgan fingerprint density at radius 1 is 1.00 bits per heavy atom. The molecule has 0 spiro atoms. The van der Waals surface area contributed by atoms with Crippen molar-refractivity contribution in [2.75, 3.05) is 5.73 Å². The van der Waals surface area contributed by atoms with Crippen LogP contribution in [0.3, 0.4) is 0 Å². The Balaban J connectivity index is 2.19. The molecule has 90 valence electrons. The largest absolute Gasteiger partial charge is 0.399 e. The lowest BCUT2D eigenvalue weighted by atomic mass is 10.2. The molecule has 3 rings (SSSR count). The van der Waals surface area contributed by atoms with E-state index in [1.165, 1.54) is 4.70 Å². The molecule has 18 heavy (non-hydrogen) atoms. The Hall–Kier alpha value is -0.910.